The normalized spacial score (nSPS) is 30.8. The van der Waals surface area contributed by atoms with Gasteiger partial charge in [-0.2, -0.15) is 0 Å². The first kappa shape index (κ1) is 19.5. The molecule has 12 nitrogen and oxygen atoms in total. The van der Waals surface area contributed by atoms with E-state index in [-0.39, 0.29) is 0 Å². The van der Waals surface area contributed by atoms with Crippen molar-refractivity contribution in [2.75, 3.05) is 6.61 Å². The summed E-state index contributed by atoms with van der Waals surface area (Å²) in [4.78, 5) is 48.2. The van der Waals surface area contributed by atoms with Crippen molar-refractivity contribution < 1.29 is 44.2 Å². The molecule has 26 heavy (non-hydrogen) atoms. The Balaban J connectivity index is 3.46. The number of azide groups is 1. The molecule has 0 aromatic rings. The predicted octanol–water partition coefficient (Wildman–Crippen LogP) is 0.380. The van der Waals surface area contributed by atoms with Gasteiger partial charge in [0.05, 0.1) is 1.37 Å². The van der Waals surface area contributed by atoms with Gasteiger partial charge >= 0.3 is 23.9 Å². The molecule has 1 aliphatic rings. The third-order valence-electron chi connectivity index (χ3n) is 2.94. The van der Waals surface area contributed by atoms with Crippen LogP contribution in [0.4, 0.5) is 0 Å². The molecule has 1 unspecified atom stereocenters. The van der Waals surface area contributed by atoms with Gasteiger partial charge in [-0.3, -0.25) is 19.2 Å². The number of esters is 4. The molecule has 0 aromatic heterocycles. The van der Waals surface area contributed by atoms with Crippen LogP contribution >= 0.6 is 0 Å². The number of ether oxygens (including phenoxy) is 5. The molecule has 0 saturated carbocycles. The minimum absolute atomic E-state index is 0.514. The molecule has 0 aromatic carbocycles. The van der Waals surface area contributed by atoms with Gasteiger partial charge in [-0.25, -0.2) is 0 Å². The Morgan fingerprint density at radius 1 is 1.00 bits per heavy atom. The number of carbonyl (C=O) groups excluding carboxylic acids is 4. The average Bonchev–Trinajstić information content (AvgIpc) is 2.51. The zero-order chi connectivity index (χ0) is 20.8. The summed E-state index contributed by atoms with van der Waals surface area (Å²) in [6.07, 6.45) is -8.92. The van der Waals surface area contributed by atoms with E-state index in [0.29, 0.717) is 0 Å². The second kappa shape index (κ2) is 9.59. The number of hydrogen-bond donors (Lipinski definition) is 0. The van der Waals surface area contributed by atoms with Crippen molar-refractivity contribution >= 4 is 23.9 Å². The standard InChI is InChI=1S/C14H19N3O9/c1-6(18)22-5-10-11(23-7(2)19)12(24-8(3)20)13(25-9(4)21)14(26-10)16-17-15/h10-14H,5H2,1-4H3/t10-,11+,12+,13-,14?/m1/s1/i12D. The summed E-state index contributed by atoms with van der Waals surface area (Å²) in [5.74, 6) is -3.44. The monoisotopic (exact) mass is 374 g/mol. The van der Waals surface area contributed by atoms with Crippen LogP contribution in [-0.4, -0.2) is 61.1 Å². The average molecular weight is 374 g/mol. The van der Waals surface area contributed by atoms with Gasteiger partial charge in [0.2, 0.25) is 0 Å². The van der Waals surface area contributed by atoms with Crippen molar-refractivity contribution in [2.45, 2.75) is 58.3 Å². The van der Waals surface area contributed by atoms with E-state index in [9.17, 15) is 19.2 Å². The molecule has 0 amide bonds. The maximum absolute atomic E-state index is 11.6. The van der Waals surface area contributed by atoms with Gasteiger partial charge in [-0.15, -0.1) is 0 Å². The summed E-state index contributed by atoms with van der Waals surface area (Å²) in [5.41, 5.74) is 8.74. The maximum Gasteiger partial charge on any atom is 0.303 e. The zero-order valence-corrected chi connectivity index (χ0v) is 14.5. The van der Waals surface area contributed by atoms with Crippen LogP contribution in [-0.2, 0) is 42.9 Å². The largest absolute Gasteiger partial charge is 0.463 e. The number of rotatable bonds is 6. The molecule has 0 aliphatic carbocycles. The van der Waals surface area contributed by atoms with E-state index in [4.69, 9.17) is 30.6 Å². The summed E-state index contributed by atoms with van der Waals surface area (Å²) in [5, 5.41) is 3.30. The summed E-state index contributed by atoms with van der Waals surface area (Å²) < 4.78 is 33.8. The van der Waals surface area contributed by atoms with Crippen LogP contribution < -0.4 is 0 Å². The highest BCUT2D eigenvalue weighted by molar-refractivity contribution is 5.68. The van der Waals surface area contributed by atoms with E-state index in [1.807, 2.05) is 0 Å². The highest BCUT2D eigenvalue weighted by Gasteiger charge is 2.51. The third-order valence-corrected chi connectivity index (χ3v) is 2.94. The van der Waals surface area contributed by atoms with Gasteiger partial charge in [-0.05, 0) is 5.53 Å². The minimum Gasteiger partial charge on any atom is -0.463 e. The van der Waals surface area contributed by atoms with Crippen molar-refractivity contribution in [3.63, 3.8) is 0 Å². The molecule has 0 spiro atoms. The van der Waals surface area contributed by atoms with Crippen molar-refractivity contribution in [1.82, 2.24) is 0 Å². The second-order valence-corrected chi connectivity index (χ2v) is 5.13. The second-order valence-electron chi connectivity index (χ2n) is 5.13. The molecule has 1 saturated heterocycles. The van der Waals surface area contributed by atoms with Crippen molar-refractivity contribution in [1.29, 1.82) is 0 Å². The van der Waals surface area contributed by atoms with Crippen LogP contribution in [0.1, 0.15) is 29.1 Å². The Morgan fingerprint density at radius 2 is 1.54 bits per heavy atom. The summed E-state index contributed by atoms with van der Waals surface area (Å²) in [6, 6.07) is 0. The zero-order valence-electron chi connectivity index (χ0n) is 15.5. The molecule has 1 heterocycles. The van der Waals surface area contributed by atoms with Crippen LogP contribution in [0.2, 0.25) is 0 Å². The van der Waals surface area contributed by atoms with Crippen LogP contribution in [0.3, 0.4) is 0 Å². The highest BCUT2D eigenvalue weighted by Crippen LogP contribution is 2.29. The first-order chi connectivity index (χ1) is 12.5. The Kier molecular flexibility index (Phi) is 7.18. The van der Waals surface area contributed by atoms with Gasteiger partial charge < -0.3 is 23.7 Å². The lowest BCUT2D eigenvalue weighted by Gasteiger charge is -2.43. The third kappa shape index (κ3) is 6.22. The van der Waals surface area contributed by atoms with Gasteiger partial charge in [0.15, 0.2) is 24.5 Å². The minimum atomic E-state index is -2.54. The quantitative estimate of drug-likeness (QED) is 0.210. The fraction of sp³-hybridized carbons (Fsp3) is 0.714. The fourth-order valence-electron chi connectivity index (χ4n) is 2.16. The molecule has 0 bridgehead atoms. The van der Waals surface area contributed by atoms with Crippen LogP contribution in [0, 0.1) is 0 Å². The molecule has 1 fully saturated rings. The van der Waals surface area contributed by atoms with E-state index in [1.165, 1.54) is 0 Å². The van der Waals surface area contributed by atoms with E-state index in [0.717, 1.165) is 27.7 Å². The van der Waals surface area contributed by atoms with E-state index in [1.54, 1.807) is 0 Å². The summed E-state index contributed by atoms with van der Waals surface area (Å²) >= 11 is 0. The molecule has 12 heteroatoms. The lowest BCUT2D eigenvalue weighted by molar-refractivity contribution is -0.251. The van der Waals surface area contributed by atoms with Crippen molar-refractivity contribution in [2.24, 2.45) is 5.11 Å². The van der Waals surface area contributed by atoms with Crippen LogP contribution in [0.5, 0.6) is 0 Å². The SMILES string of the molecule is [2H][C@@]1(OC(C)=O)[C@@H](OC(C)=O)C(N=[N+]=[N-])O[C@H](COC(C)=O)[C@@H]1OC(C)=O. The fourth-order valence-corrected chi connectivity index (χ4v) is 2.16. The van der Waals surface area contributed by atoms with E-state index >= 15 is 0 Å². The molecule has 1 aliphatic heterocycles. The Hall–Kier alpha value is -2.85. The summed E-state index contributed by atoms with van der Waals surface area (Å²) in [6.45, 7) is 3.60. The first-order valence-electron chi connectivity index (χ1n) is 7.88. The number of nitrogens with zero attached hydrogens (tertiary/aromatic N) is 3. The topological polar surface area (TPSA) is 163 Å². The Morgan fingerprint density at radius 3 is 2.00 bits per heavy atom. The van der Waals surface area contributed by atoms with E-state index in [2.05, 4.69) is 10.0 Å². The van der Waals surface area contributed by atoms with Crippen molar-refractivity contribution in [3.05, 3.63) is 10.4 Å². The van der Waals surface area contributed by atoms with Gasteiger partial charge in [0.25, 0.3) is 0 Å². The molecule has 1 rings (SSSR count). The predicted molar refractivity (Wildman–Crippen MR) is 81.1 cm³/mol. The first-order valence-corrected chi connectivity index (χ1v) is 7.38. The lowest BCUT2D eigenvalue weighted by atomic mass is 9.97. The smallest absolute Gasteiger partial charge is 0.303 e. The highest BCUT2D eigenvalue weighted by atomic mass is 16.7. The van der Waals surface area contributed by atoms with E-state index < -0.39 is 61.1 Å². The van der Waals surface area contributed by atoms with Gasteiger partial charge in [0.1, 0.15) is 12.7 Å². The van der Waals surface area contributed by atoms with Crippen molar-refractivity contribution in [3.8, 4) is 0 Å². The Labute approximate surface area is 149 Å². The Bertz CT molecular complexity index is 666. The molecule has 0 radical (unpaired) electrons. The van der Waals surface area contributed by atoms with Crippen LogP contribution in [0.25, 0.3) is 10.4 Å². The number of carbonyl (C=O) groups is 4. The molecule has 144 valence electrons. The van der Waals surface area contributed by atoms with Gasteiger partial charge in [-0.1, -0.05) is 5.11 Å². The summed E-state index contributed by atoms with van der Waals surface area (Å²) in [7, 11) is 0. The lowest BCUT2D eigenvalue weighted by Crippen LogP contribution is -2.61. The molecular weight excluding hydrogens is 354 g/mol. The molecular formula is C14H19N3O9. The molecule has 0 N–H and O–H groups in total. The number of hydrogen-bond acceptors (Lipinski definition) is 10. The van der Waals surface area contributed by atoms with Crippen LogP contribution in [0.15, 0.2) is 5.11 Å². The van der Waals surface area contributed by atoms with Gasteiger partial charge in [0, 0.05) is 32.6 Å². The maximum atomic E-state index is 11.6. The molecule has 5 atom stereocenters.